The number of fused-ring (bicyclic) bond motifs is 1. The molecule has 7 nitrogen and oxygen atoms in total. The fraction of sp³-hybridized carbons (Fsp3) is 0.222. The van der Waals surface area contributed by atoms with Gasteiger partial charge >= 0.3 is 0 Å². The summed E-state index contributed by atoms with van der Waals surface area (Å²) in [6, 6.07) is 26.0. The van der Waals surface area contributed by atoms with Crippen molar-refractivity contribution >= 4 is 17.7 Å². The van der Waals surface area contributed by atoms with Crippen LogP contribution in [0.3, 0.4) is 0 Å². The van der Waals surface area contributed by atoms with Gasteiger partial charge in [0.2, 0.25) is 12.7 Å². The maximum Gasteiger partial charge on any atom is 0.238 e. The van der Waals surface area contributed by atoms with Crippen LogP contribution in [0.25, 0.3) is 11.4 Å². The Morgan fingerprint density at radius 1 is 0.971 bits per heavy atom. The van der Waals surface area contributed by atoms with E-state index in [1.807, 2.05) is 78.9 Å². The third-order valence-corrected chi connectivity index (χ3v) is 7.25. The van der Waals surface area contributed by atoms with Crippen molar-refractivity contribution in [3.63, 3.8) is 0 Å². The highest BCUT2D eigenvalue weighted by molar-refractivity contribution is 8.00. The summed E-state index contributed by atoms with van der Waals surface area (Å²) in [6.45, 7) is 0.763. The molecule has 4 aromatic rings. The van der Waals surface area contributed by atoms with Crippen molar-refractivity contribution in [2.45, 2.75) is 35.8 Å². The average Bonchev–Trinajstić information content (AvgIpc) is 3.43. The molecule has 1 N–H and O–H groups in total. The van der Waals surface area contributed by atoms with Gasteiger partial charge in [-0.2, -0.15) is 0 Å². The van der Waals surface area contributed by atoms with Crippen LogP contribution < -0.4 is 14.8 Å². The number of ether oxygens (including phenoxy) is 2. The number of thioether (sulfide) groups is 1. The van der Waals surface area contributed by atoms with Crippen LogP contribution >= 0.6 is 11.8 Å². The zero-order valence-corrected chi connectivity index (χ0v) is 19.8. The van der Waals surface area contributed by atoms with E-state index in [2.05, 4.69) is 20.1 Å². The number of rotatable bonds is 8. The van der Waals surface area contributed by atoms with Gasteiger partial charge in [0.25, 0.3) is 0 Å². The summed E-state index contributed by atoms with van der Waals surface area (Å²) in [5.41, 5.74) is 2.94. The summed E-state index contributed by atoms with van der Waals surface area (Å²) < 4.78 is 13.1. The Morgan fingerprint density at radius 2 is 1.71 bits per heavy atom. The highest BCUT2D eigenvalue weighted by Gasteiger charge is 2.31. The molecule has 2 aliphatic rings. The Balaban J connectivity index is 1.37. The minimum absolute atomic E-state index is 0.00240. The van der Waals surface area contributed by atoms with Crippen LogP contribution in [0.1, 0.15) is 29.2 Å². The summed E-state index contributed by atoms with van der Waals surface area (Å²) in [7, 11) is 0. The van der Waals surface area contributed by atoms with Gasteiger partial charge in [-0.3, -0.25) is 9.36 Å². The minimum atomic E-state index is -0.430. The Labute approximate surface area is 207 Å². The lowest BCUT2D eigenvalue weighted by Gasteiger charge is -2.18. The van der Waals surface area contributed by atoms with Crippen LogP contribution in [-0.4, -0.2) is 33.5 Å². The second kappa shape index (κ2) is 9.46. The molecule has 1 aliphatic carbocycles. The van der Waals surface area contributed by atoms with Gasteiger partial charge < -0.3 is 14.8 Å². The second-order valence-electron chi connectivity index (χ2n) is 8.64. The maximum atomic E-state index is 13.3. The van der Waals surface area contributed by atoms with E-state index in [4.69, 9.17) is 9.47 Å². The third kappa shape index (κ3) is 4.74. The smallest absolute Gasteiger partial charge is 0.238 e. The van der Waals surface area contributed by atoms with E-state index in [0.717, 1.165) is 46.9 Å². The number of benzene rings is 3. The molecule has 0 unspecified atom stereocenters. The normalized spacial score (nSPS) is 15.1. The van der Waals surface area contributed by atoms with Gasteiger partial charge in [-0.25, -0.2) is 0 Å². The standard InChI is InChI=1S/C27H24N4O3S/c32-26(28-21-12-13-21)24(19-7-3-1-4-8-19)35-27-30-29-25(20-9-5-2-6-10-20)31(27)16-18-11-14-22-23(15-18)34-17-33-22/h1-11,14-15,21,24H,12-13,16-17H2,(H,28,32)/t24-/m0/s1. The highest BCUT2D eigenvalue weighted by Crippen LogP contribution is 2.38. The topological polar surface area (TPSA) is 78.3 Å². The lowest BCUT2D eigenvalue weighted by atomic mass is 10.1. The van der Waals surface area contributed by atoms with E-state index in [-0.39, 0.29) is 18.7 Å². The zero-order valence-electron chi connectivity index (χ0n) is 19.0. The first-order valence-electron chi connectivity index (χ1n) is 11.6. The number of hydrogen-bond acceptors (Lipinski definition) is 6. The molecule has 176 valence electrons. The molecule has 1 atom stereocenters. The van der Waals surface area contributed by atoms with Crippen LogP contribution in [0.4, 0.5) is 0 Å². The zero-order chi connectivity index (χ0) is 23.6. The van der Waals surface area contributed by atoms with Crippen LogP contribution in [0, 0.1) is 0 Å². The van der Waals surface area contributed by atoms with Crippen LogP contribution in [-0.2, 0) is 11.3 Å². The van der Waals surface area contributed by atoms with Gasteiger partial charge in [-0.15, -0.1) is 10.2 Å². The van der Waals surface area contributed by atoms with E-state index >= 15 is 0 Å². The van der Waals surface area contributed by atoms with Gasteiger partial charge in [-0.05, 0) is 36.1 Å². The van der Waals surface area contributed by atoms with Crippen molar-refractivity contribution in [2.24, 2.45) is 0 Å². The fourth-order valence-electron chi connectivity index (χ4n) is 4.05. The molecule has 3 aromatic carbocycles. The fourth-order valence-corrected chi connectivity index (χ4v) is 5.10. The largest absolute Gasteiger partial charge is 0.454 e. The molecule has 8 heteroatoms. The van der Waals surface area contributed by atoms with Crippen molar-refractivity contribution in [2.75, 3.05) is 6.79 Å². The molecule has 0 saturated heterocycles. The summed E-state index contributed by atoms with van der Waals surface area (Å²) in [5, 5.41) is 12.5. The maximum absolute atomic E-state index is 13.3. The Bertz CT molecular complexity index is 1340. The predicted octanol–water partition coefficient (Wildman–Crippen LogP) is 4.83. The molecule has 0 radical (unpaired) electrons. The van der Waals surface area contributed by atoms with Gasteiger partial charge in [-0.1, -0.05) is 78.5 Å². The van der Waals surface area contributed by atoms with Crippen molar-refractivity contribution in [3.8, 4) is 22.9 Å². The number of hydrogen-bond donors (Lipinski definition) is 1. The molecule has 0 spiro atoms. The first-order valence-corrected chi connectivity index (χ1v) is 12.5. The molecule has 1 saturated carbocycles. The number of nitrogens with zero attached hydrogens (tertiary/aromatic N) is 3. The SMILES string of the molecule is O=C(NC1CC1)[C@@H](Sc1nnc(-c2ccccc2)n1Cc1ccc2c(c1)OCO2)c1ccccc1. The summed E-state index contributed by atoms with van der Waals surface area (Å²) >= 11 is 1.43. The summed E-state index contributed by atoms with van der Waals surface area (Å²) in [6.07, 6.45) is 2.08. The lowest BCUT2D eigenvalue weighted by Crippen LogP contribution is -2.30. The van der Waals surface area contributed by atoms with Crippen molar-refractivity contribution in [3.05, 3.63) is 90.0 Å². The van der Waals surface area contributed by atoms with E-state index in [9.17, 15) is 4.79 Å². The van der Waals surface area contributed by atoms with Crippen LogP contribution in [0.5, 0.6) is 11.5 Å². The van der Waals surface area contributed by atoms with E-state index in [1.54, 1.807) is 0 Å². The first kappa shape index (κ1) is 21.7. The Kier molecular flexibility index (Phi) is 5.88. The molecule has 35 heavy (non-hydrogen) atoms. The minimum Gasteiger partial charge on any atom is -0.454 e. The van der Waals surface area contributed by atoms with Gasteiger partial charge in [0.1, 0.15) is 5.25 Å². The van der Waals surface area contributed by atoms with E-state index < -0.39 is 5.25 Å². The Hall–Kier alpha value is -3.78. The second-order valence-corrected chi connectivity index (χ2v) is 9.71. The molecule has 0 bridgehead atoms. The van der Waals surface area contributed by atoms with Gasteiger partial charge in [0.15, 0.2) is 22.5 Å². The molecule has 1 fully saturated rings. The van der Waals surface area contributed by atoms with Gasteiger partial charge in [0, 0.05) is 11.6 Å². The molecule has 1 aliphatic heterocycles. The average molecular weight is 485 g/mol. The number of carbonyl (C=O) groups excluding carboxylic acids is 1. The van der Waals surface area contributed by atoms with Gasteiger partial charge in [0.05, 0.1) is 6.54 Å². The molecule has 6 rings (SSSR count). The van der Waals surface area contributed by atoms with Crippen LogP contribution in [0.15, 0.2) is 84.0 Å². The van der Waals surface area contributed by atoms with E-state index in [1.165, 1.54) is 11.8 Å². The lowest BCUT2D eigenvalue weighted by molar-refractivity contribution is -0.120. The third-order valence-electron chi connectivity index (χ3n) is 6.01. The number of carbonyl (C=O) groups is 1. The summed E-state index contributed by atoms with van der Waals surface area (Å²) in [5.74, 6) is 2.23. The highest BCUT2D eigenvalue weighted by atomic mass is 32.2. The number of aromatic nitrogens is 3. The molecule has 1 amide bonds. The van der Waals surface area contributed by atoms with E-state index in [0.29, 0.717) is 11.7 Å². The monoisotopic (exact) mass is 484 g/mol. The molecular formula is C27H24N4O3S. The van der Waals surface area contributed by atoms with Crippen molar-refractivity contribution < 1.29 is 14.3 Å². The Morgan fingerprint density at radius 3 is 2.49 bits per heavy atom. The summed E-state index contributed by atoms with van der Waals surface area (Å²) in [4.78, 5) is 13.3. The molecular weight excluding hydrogens is 460 g/mol. The number of nitrogens with one attached hydrogen (secondary N) is 1. The first-order chi connectivity index (χ1) is 17.2. The van der Waals surface area contributed by atoms with Crippen molar-refractivity contribution in [1.29, 1.82) is 0 Å². The molecule has 2 heterocycles. The number of amides is 1. The van der Waals surface area contributed by atoms with Crippen LogP contribution in [0.2, 0.25) is 0 Å². The predicted molar refractivity (Wildman–Crippen MR) is 133 cm³/mol. The quantitative estimate of drug-likeness (QED) is 0.361. The molecule has 1 aromatic heterocycles. The van der Waals surface area contributed by atoms with Crippen molar-refractivity contribution in [1.82, 2.24) is 20.1 Å².